The van der Waals surface area contributed by atoms with Gasteiger partial charge in [-0.2, -0.15) is 0 Å². The molecule has 0 aliphatic heterocycles. The van der Waals surface area contributed by atoms with Crippen LogP contribution in [-0.4, -0.2) is 10.4 Å². The van der Waals surface area contributed by atoms with Crippen LogP contribution in [0.5, 0.6) is 0 Å². The number of aromatic nitrogens is 1. The van der Waals surface area contributed by atoms with Crippen molar-refractivity contribution in [1.29, 1.82) is 0 Å². The van der Waals surface area contributed by atoms with Gasteiger partial charge >= 0.3 is 0 Å². The summed E-state index contributed by atoms with van der Waals surface area (Å²) in [5, 5.41) is 2.08. The summed E-state index contributed by atoms with van der Waals surface area (Å²) < 4.78 is 2.28. The van der Waals surface area contributed by atoms with Crippen LogP contribution in [-0.2, 0) is 6.42 Å². The molecule has 2 heterocycles. The van der Waals surface area contributed by atoms with E-state index in [1.165, 1.54) is 16.3 Å². The quantitative estimate of drug-likeness (QED) is 0.650. The Morgan fingerprint density at radius 2 is 1.82 bits per heavy atom. The second-order valence-electron chi connectivity index (χ2n) is 5.71. The lowest BCUT2D eigenvalue weighted by molar-refractivity contribution is 0.0973. The average molecular weight is 307 g/mol. The summed E-state index contributed by atoms with van der Waals surface area (Å²) in [4.78, 5) is 13.8. The Labute approximate surface area is 134 Å². The number of nitrogens with zero attached hydrogens (tertiary/aromatic N) is 1. The summed E-state index contributed by atoms with van der Waals surface area (Å²) in [6, 6.07) is 14.5. The van der Waals surface area contributed by atoms with E-state index in [0.717, 1.165) is 29.7 Å². The van der Waals surface area contributed by atoms with Crippen LogP contribution in [0.1, 0.15) is 34.6 Å². The fourth-order valence-electron chi connectivity index (χ4n) is 3.48. The third kappa shape index (κ3) is 1.97. The minimum Gasteiger partial charge on any atom is -0.317 e. The van der Waals surface area contributed by atoms with E-state index < -0.39 is 0 Å². The predicted octanol–water partition coefficient (Wildman–Crippen LogP) is 5.03. The van der Waals surface area contributed by atoms with Crippen LogP contribution in [0.15, 0.2) is 47.8 Å². The zero-order chi connectivity index (χ0) is 15.1. The van der Waals surface area contributed by atoms with Gasteiger partial charge in [-0.25, -0.2) is 0 Å². The van der Waals surface area contributed by atoms with Crippen LogP contribution in [0.3, 0.4) is 0 Å². The SMILES string of the molecule is Cc1c(-c2cccs2)c2c(n1-c1ccccc1)CCCC2=O. The Hall–Kier alpha value is -2.13. The van der Waals surface area contributed by atoms with Gasteiger partial charge in [-0.3, -0.25) is 4.79 Å². The first-order valence-electron chi connectivity index (χ1n) is 7.64. The molecule has 0 radical (unpaired) electrons. The zero-order valence-corrected chi connectivity index (χ0v) is 13.3. The van der Waals surface area contributed by atoms with Gasteiger partial charge in [-0.05, 0) is 43.3 Å². The summed E-state index contributed by atoms with van der Waals surface area (Å²) in [6.45, 7) is 2.13. The molecule has 0 atom stereocenters. The van der Waals surface area contributed by atoms with Crippen molar-refractivity contribution in [2.75, 3.05) is 0 Å². The van der Waals surface area contributed by atoms with Crippen LogP contribution in [0.4, 0.5) is 0 Å². The number of benzene rings is 1. The molecule has 0 saturated carbocycles. The van der Waals surface area contributed by atoms with E-state index in [0.29, 0.717) is 12.2 Å². The van der Waals surface area contributed by atoms with Gasteiger partial charge in [0.2, 0.25) is 0 Å². The molecule has 1 aliphatic rings. The van der Waals surface area contributed by atoms with Crippen molar-refractivity contribution in [2.24, 2.45) is 0 Å². The fourth-order valence-corrected chi connectivity index (χ4v) is 4.31. The third-order valence-electron chi connectivity index (χ3n) is 4.38. The summed E-state index contributed by atoms with van der Waals surface area (Å²) in [5.74, 6) is 0.294. The van der Waals surface area contributed by atoms with E-state index in [-0.39, 0.29) is 0 Å². The Kier molecular flexibility index (Phi) is 3.23. The van der Waals surface area contributed by atoms with Crippen molar-refractivity contribution < 1.29 is 4.79 Å². The van der Waals surface area contributed by atoms with Crippen LogP contribution in [0, 0.1) is 6.92 Å². The lowest BCUT2D eigenvalue weighted by Gasteiger charge is -2.15. The van der Waals surface area contributed by atoms with Crippen LogP contribution >= 0.6 is 11.3 Å². The summed E-state index contributed by atoms with van der Waals surface area (Å²) in [6.07, 6.45) is 2.60. The zero-order valence-electron chi connectivity index (χ0n) is 12.5. The second-order valence-corrected chi connectivity index (χ2v) is 6.65. The number of ketones is 1. The first-order chi connectivity index (χ1) is 10.8. The maximum Gasteiger partial charge on any atom is 0.165 e. The van der Waals surface area contributed by atoms with Gasteiger partial charge in [0.05, 0.1) is 0 Å². The van der Waals surface area contributed by atoms with E-state index in [9.17, 15) is 4.79 Å². The number of Topliss-reactive ketones (excluding diaryl/α,β-unsaturated/α-hetero) is 1. The van der Waals surface area contributed by atoms with Crippen LogP contribution in [0.25, 0.3) is 16.1 Å². The second kappa shape index (κ2) is 5.25. The number of fused-ring (bicyclic) bond motifs is 1. The lowest BCUT2D eigenvalue weighted by atomic mass is 9.92. The van der Waals surface area contributed by atoms with Crippen molar-refractivity contribution in [3.63, 3.8) is 0 Å². The molecule has 0 amide bonds. The van der Waals surface area contributed by atoms with Gasteiger partial charge in [0.25, 0.3) is 0 Å². The van der Waals surface area contributed by atoms with E-state index in [2.05, 4.69) is 53.3 Å². The van der Waals surface area contributed by atoms with Crippen molar-refractivity contribution in [3.8, 4) is 16.1 Å². The van der Waals surface area contributed by atoms with E-state index in [1.54, 1.807) is 11.3 Å². The number of rotatable bonds is 2. The van der Waals surface area contributed by atoms with Gasteiger partial charge in [0, 0.05) is 39.5 Å². The van der Waals surface area contributed by atoms with Gasteiger partial charge < -0.3 is 4.57 Å². The minimum atomic E-state index is 0.294. The molecule has 1 aromatic carbocycles. The monoisotopic (exact) mass is 307 g/mol. The largest absolute Gasteiger partial charge is 0.317 e. The highest BCUT2D eigenvalue weighted by molar-refractivity contribution is 7.13. The molecule has 0 saturated heterocycles. The van der Waals surface area contributed by atoms with E-state index in [4.69, 9.17) is 0 Å². The first kappa shape index (κ1) is 13.5. The molecule has 2 aromatic heterocycles. The maximum atomic E-state index is 12.6. The van der Waals surface area contributed by atoms with Crippen molar-refractivity contribution in [2.45, 2.75) is 26.2 Å². The Bertz CT molecular complexity index is 828. The molecule has 22 heavy (non-hydrogen) atoms. The molecular formula is C19H17NOS. The summed E-state index contributed by atoms with van der Waals surface area (Å²) in [7, 11) is 0. The number of para-hydroxylation sites is 1. The van der Waals surface area contributed by atoms with E-state index in [1.807, 2.05) is 6.07 Å². The number of hydrogen-bond acceptors (Lipinski definition) is 2. The van der Waals surface area contributed by atoms with Crippen molar-refractivity contribution in [1.82, 2.24) is 4.57 Å². The third-order valence-corrected chi connectivity index (χ3v) is 5.27. The van der Waals surface area contributed by atoms with Crippen LogP contribution in [0.2, 0.25) is 0 Å². The lowest BCUT2D eigenvalue weighted by Crippen LogP contribution is -2.13. The highest BCUT2D eigenvalue weighted by Crippen LogP contribution is 2.40. The minimum absolute atomic E-state index is 0.294. The molecular weight excluding hydrogens is 290 g/mol. The molecule has 1 aliphatic carbocycles. The van der Waals surface area contributed by atoms with Crippen molar-refractivity contribution in [3.05, 3.63) is 64.8 Å². The Morgan fingerprint density at radius 3 is 2.55 bits per heavy atom. The standard InChI is InChI=1S/C19H17NOS/c1-13-18(17-11-6-12-22-17)19-15(9-5-10-16(19)21)20(13)14-7-3-2-4-8-14/h2-4,6-8,11-12H,5,9-10H2,1H3. The van der Waals surface area contributed by atoms with Gasteiger partial charge in [0.15, 0.2) is 5.78 Å². The van der Waals surface area contributed by atoms with Gasteiger partial charge in [-0.15, -0.1) is 11.3 Å². The highest BCUT2D eigenvalue weighted by atomic mass is 32.1. The van der Waals surface area contributed by atoms with E-state index >= 15 is 0 Å². The molecule has 0 spiro atoms. The molecule has 0 N–H and O–H groups in total. The topological polar surface area (TPSA) is 22.0 Å². The van der Waals surface area contributed by atoms with Crippen molar-refractivity contribution >= 4 is 17.1 Å². The number of carbonyl (C=O) groups excluding carboxylic acids is 1. The molecule has 0 unspecified atom stereocenters. The first-order valence-corrected chi connectivity index (χ1v) is 8.52. The molecule has 3 heteroatoms. The Morgan fingerprint density at radius 1 is 1.00 bits per heavy atom. The molecule has 4 rings (SSSR count). The normalized spacial score (nSPS) is 14.1. The number of thiophene rings is 1. The molecule has 0 fully saturated rings. The molecule has 110 valence electrons. The van der Waals surface area contributed by atoms with Crippen LogP contribution < -0.4 is 0 Å². The number of carbonyl (C=O) groups is 1. The average Bonchev–Trinajstić information content (AvgIpc) is 3.14. The predicted molar refractivity (Wildman–Crippen MR) is 91.1 cm³/mol. The smallest absolute Gasteiger partial charge is 0.165 e. The summed E-state index contributed by atoms with van der Waals surface area (Å²) in [5.41, 5.74) is 5.60. The Balaban J connectivity index is 2.05. The highest BCUT2D eigenvalue weighted by Gasteiger charge is 2.29. The van der Waals surface area contributed by atoms with Gasteiger partial charge in [-0.1, -0.05) is 24.3 Å². The molecule has 0 bridgehead atoms. The fraction of sp³-hybridized carbons (Fsp3) is 0.211. The number of hydrogen-bond donors (Lipinski definition) is 0. The maximum absolute atomic E-state index is 12.6. The molecule has 2 nitrogen and oxygen atoms in total. The van der Waals surface area contributed by atoms with Gasteiger partial charge in [0.1, 0.15) is 0 Å². The molecule has 3 aromatic rings. The summed E-state index contributed by atoms with van der Waals surface area (Å²) >= 11 is 1.71.